The molecule has 0 radical (unpaired) electrons. The Balaban J connectivity index is 2.44. The van der Waals surface area contributed by atoms with Gasteiger partial charge in [-0.15, -0.1) is 0 Å². The van der Waals surface area contributed by atoms with Gasteiger partial charge in [-0.05, 0) is 12.8 Å². The van der Waals surface area contributed by atoms with E-state index in [1.807, 2.05) is 0 Å². The Morgan fingerprint density at radius 2 is 1.83 bits per heavy atom. The van der Waals surface area contributed by atoms with E-state index in [1.165, 1.54) is 17.6 Å². The fraction of sp³-hybridized carbons (Fsp3) is 0.917. The molecular formula is C12H24N2O3S. The summed E-state index contributed by atoms with van der Waals surface area (Å²) in [5, 5.41) is 0. The highest BCUT2D eigenvalue weighted by atomic mass is 32.2. The van der Waals surface area contributed by atoms with Gasteiger partial charge in [-0.2, -0.15) is 0 Å². The van der Waals surface area contributed by atoms with Crippen molar-refractivity contribution >= 4 is 15.7 Å². The molecule has 0 aromatic rings. The first-order chi connectivity index (χ1) is 8.22. The van der Waals surface area contributed by atoms with Crippen LogP contribution in [-0.4, -0.2) is 50.4 Å². The van der Waals surface area contributed by atoms with Crippen LogP contribution in [0, 0.1) is 0 Å². The van der Waals surface area contributed by atoms with Crippen molar-refractivity contribution in [1.29, 1.82) is 0 Å². The molecule has 1 aliphatic carbocycles. The highest BCUT2D eigenvalue weighted by Gasteiger charge is 2.31. The first-order valence-electron chi connectivity index (χ1n) is 6.42. The molecule has 106 valence electrons. The number of sulfone groups is 1. The predicted molar refractivity (Wildman–Crippen MR) is 72.0 cm³/mol. The molecule has 1 fully saturated rings. The average Bonchev–Trinajstić information content (AvgIpc) is 2.25. The highest BCUT2D eigenvalue weighted by molar-refractivity contribution is 7.90. The van der Waals surface area contributed by atoms with Crippen LogP contribution < -0.4 is 5.73 Å². The molecule has 1 aliphatic rings. The number of rotatable bonds is 5. The molecular weight excluding hydrogens is 252 g/mol. The molecule has 6 heteroatoms. The second-order valence-corrected chi connectivity index (χ2v) is 7.80. The van der Waals surface area contributed by atoms with Crippen LogP contribution in [0.5, 0.6) is 0 Å². The third kappa shape index (κ3) is 5.35. The topological polar surface area (TPSA) is 80.5 Å². The molecule has 0 spiro atoms. The van der Waals surface area contributed by atoms with E-state index in [4.69, 9.17) is 5.73 Å². The van der Waals surface area contributed by atoms with E-state index in [1.54, 1.807) is 7.05 Å². The SMILES string of the molecule is CN(CCS(C)(=O)=O)C(=O)CC1(N)CCCCC1. The van der Waals surface area contributed by atoms with Crippen LogP contribution in [-0.2, 0) is 14.6 Å². The lowest BCUT2D eigenvalue weighted by Gasteiger charge is -2.34. The number of amides is 1. The first-order valence-corrected chi connectivity index (χ1v) is 8.48. The molecule has 18 heavy (non-hydrogen) atoms. The molecule has 1 amide bonds. The van der Waals surface area contributed by atoms with Gasteiger partial charge in [0.05, 0.1) is 5.75 Å². The van der Waals surface area contributed by atoms with E-state index in [0.29, 0.717) is 6.42 Å². The summed E-state index contributed by atoms with van der Waals surface area (Å²) in [5.41, 5.74) is 5.83. The average molecular weight is 276 g/mol. The molecule has 0 aromatic heterocycles. The summed E-state index contributed by atoms with van der Waals surface area (Å²) < 4.78 is 22.1. The van der Waals surface area contributed by atoms with Crippen molar-refractivity contribution < 1.29 is 13.2 Å². The molecule has 0 heterocycles. The summed E-state index contributed by atoms with van der Waals surface area (Å²) in [5.74, 6) is -0.0460. The molecule has 0 aliphatic heterocycles. The van der Waals surface area contributed by atoms with Crippen LogP contribution in [0.2, 0.25) is 0 Å². The van der Waals surface area contributed by atoms with Crippen molar-refractivity contribution in [3.8, 4) is 0 Å². The maximum absolute atomic E-state index is 12.0. The van der Waals surface area contributed by atoms with Crippen LogP contribution in [0.4, 0.5) is 0 Å². The van der Waals surface area contributed by atoms with E-state index >= 15 is 0 Å². The van der Waals surface area contributed by atoms with E-state index < -0.39 is 9.84 Å². The zero-order valence-corrected chi connectivity index (χ0v) is 12.1. The normalized spacial score (nSPS) is 19.5. The molecule has 2 N–H and O–H groups in total. The minimum atomic E-state index is -3.03. The number of nitrogens with zero attached hydrogens (tertiary/aromatic N) is 1. The maximum atomic E-state index is 12.0. The third-order valence-corrected chi connectivity index (χ3v) is 4.50. The number of nitrogens with two attached hydrogens (primary N) is 1. The Bertz CT molecular complexity index is 386. The Morgan fingerprint density at radius 3 is 2.33 bits per heavy atom. The Morgan fingerprint density at radius 1 is 1.28 bits per heavy atom. The molecule has 0 unspecified atom stereocenters. The van der Waals surface area contributed by atoms with Crippen molar-refractivity contribution in [3.05, 3.63) is 0 Å². The summed E-state index contributed by atoms with van der Waals surface area (Å²) in [7, 11) is -1.39. The molecule has 0 aromatic carbocycles. The predicted octanol–water partition coefficient (Wildman–Crippen LogP) is 0.541. The molecule has 5 nitrogen and oxygen atoms in total. The lowest BCUT2D eigenvalue weighted by molar-refractivity contribution is -0.131. The van der Waals surface area contributed by atoms with Gasteiger partial charge in [0.25, 0.3) is 0 Å². The van der Waals surface area contributed by atoms with Crippen molar-refractivity contribution in [2.24, 2.45) is 5.73 Å². The van der Waals surface area contributed by atoms with Crippen molar-refractivity contribution in [3.63, 3.8) is 0 Å². The van der Waals surface area contributed by atoms with Crippen LogP contribution in [0.15, 0.2) is 0 Å². The van der Waals surface area contributed by atoms with Gasteiger partial charge in [0.2, 0.25) is 5.91 Å². The van der Waals surface area contributed by atoms with Gasteiger partial charge in [0.15, 0.2) is 0 Å². The van der Waals surface area contributed by atoms with Gasteiger partial charge >= 0.3 is 0 Å². The molecule has 0 atom stereocenters. The largest absolute Gasteiger partial charge is 0.345 e. The minimum absolute atomic E-state index is 0.00676. The van der Waals surface area contributed by atoms with Crippen molar-refractivity contribution in [2.75, 3.05) is 25.6 Å². The Hall–Kier alpha value is -0.620. The summed E-state index contributed by atoms with van der Waals surface area (Å²) in [6, 6.07) is 0. The number of hydrogen-bond acceptors (Lipinski definition) is 4. The van der Waals surface area contributed by atoms with E-state index in [0.717, 1.165) is 25.7 Å². The number of carbonyl (C=O) groups is 1. The first kappa shape index (κ1) is 15.4. The maximum Gasteiger partial charge on any atom is 0.224 e. The number of hydrogen-bond donors (Lipinski definition) is 1. The van der Waals surface area contributed by atoms with Crippen molar-refractivity contribution in [2.45, 2.75) is 44.1 Å². The van der Waals surface area contributed by atoms with E-state index in [9.17, 15) is 13.2 Å². The smallest absolute Gasteiger partial charge is 0.224 e. The summed E-state index contributed by atoms with van der Waals surface area (Å²) >= 11 is 0. The summed E-state index contributed by atoms with van der Waals surface area (Å²) in [6.07, 6.45) is 6.63. The Labute approximate surface area is 110 Å². The van der Waals surface area contributed by atoms with Crippen molar-refractivity contribution in [1.82, 2.24) is 4.90 Å². The zero-order valence-electron chi connectivity index (χ0n) is 11.3. The van der Waals surface area contributed by atoms with Crippen LogP contribution in [0.1, 0.15) is 38.5 Å². The van der Waals surface area contributed by atoms with Gasteiger partial charge < -0.3 is 10.6 Å². The second kappa shape index (κ2) is 6.02. The molecule has 0 saturated heterocycles. The quantitative estimate of drug-likeness (QED) is 0.795. The fourth-order valence-corrected chi connectivity index (χ4v) is 2.90. The lowest BCUT2D eigenvalue weighted by atomic mass is 9.80. The molecule has 0 bridgehead atoms. The highest BCUT2D eigenvalue weighted by Crippen LogP contribution is 2.28. The standard InChI is InChI=1S/C12H24N2O3S/c1-14(8-9-18(2,16)17)11(15)10-12(13)6-4-3-5-7-12/h3-10,13H2,1-2H3. The molecule has 1 saturated carbocycles. The van der Waals surface area contributed by atoms with Crippen LogP contribution in [0.25, 0.3) is 0 Å². The number of carbonyl (C=O) groups excluding carboxylic acids is 1. The lowest BCUT2D eigenvalue weighted by Crippen LogP contribution is -2.46. The zero-order chi connectivity index (χ0) is 13.8. The van der Waals surface area contributed by atoms with Crippen LogP contribution in [0.3, 0.4) is 0 Å². The molecule has 1 rings (SSSR count). The summed E-state index contributed by atoms with van der Waals surface area (Å²) in [6.45, 7) is 0.244. The second-order valence-electron chi connectivity index (χ2n) is 5.54. The minimum Gasteiger partial charge on any atom is -0.345 e. The van der Waals surface area contributed by atoms with Gasteiger partial charge in [-0.25, -0.2) is 8.42 Å². The summed E-state index contributed by atoms with van der Waals surface area (Å²) in [4.78, 5) is 13.5. The van der Waals surface area contributed by atoms with Crippen LogP contribution >= 0.6 is 0 Å². The van der Waals surface area contributed by atoms with E-state index in [-0.39, 0.29) is 23.7 Å². The fourth-order valence-electron chi connectivity index (χ4n) is 2.30. The van der Waals surface area contributed by atoms with Gasteiger partial charge in [-0.1, -0.05) is 19.3 Å². The monoisotopic (exact) mass is 276 g/mol. The Kier molecular flexibility index (Phi) is 5.16. The van der Waals surface area contributed by atoms with Gasteiger partial charge in [0.1, 0.15) is 9.84 Å². The van der Waals surface area contributed by atoms with Gasteiger partial charge in [0, 0.05) is 31.8 Å². The van der Waals surface area contributed by atoms with E-state index in [2.05, 4.69) is 0 Å². The third-order valence-electron chi connectivity index (χ3n) is 3.58. The van der Waals surface area contributed by atoms with Gasteiger partial charge in [-0.3, -0.25) is 4.79 Å².